The van der Waals surface area contributed by atoms with Crippen LogP contribution in [-0.2, 0) is 15.8 Å². The molecule has 94 valence electrons. The molecular weight excluding hydrogens is 304 g/mol. The van der Waals surface area contributed by atoms with Crippen molar-refractivity contribution in [3.8, 4) is 0 Å². The van der Waals surface area contributed by atoms with Crippen molar-refractivity contribution in [3.63, 3.8) is 0 Å². The van der Waals surface area contributed by atoms with Crippen LogP contribution in [0.5, 0.6) is 0 Å². The van der Waals surface area contributed by atoms with Gasteiger partial charge in [0.1, 0.15) is 0 Å². The van der Waals surface area contributed by atoms with Gasteiger partial charge in [0.2, 0.25) is 10.0 Å². The van der Waals surface area contributed by atoms with E-state index in [1.807, 2.05) is 24.3 Å². The topological polar surface area (TPSA) is 63.4 Å². The normalized spacial score (nSPS) is 21.9. The fourth-order valence-corrected chi connectivity index (χ4v) is 3.75. The number of sulfonamides is 1. The Morgan fingerprint density at radius 3 is 2.53 bits per heavy atom. The molecule has 0 saturated carbocycles. The third-order valence-corrected chi connectivity index (χ3v) is 5.19. The number of hydrogen-bond donors (Lipinski definition) is 1. The Morgan fingerprint density at radius 2 is 2.00 bits per heavy atom. The molecular formula is C11H15BrN2O2S. The molecule has 0 aliphatic carbocycles. The maximum Gasteiger partial charge on any atom is 0.218 e. The summed E-state index contributed by atoms with van der Waals surface area (Å²) in [5.74, 6) is 0.0486. The molecule has 6 heteroatoms. The van der Waals surface area contributed by atoms with Crippen LogP contribution >= 0.6 is 15.9 Å². The summed E-state index contributed by atoms with van der Waals surface area (Å²) in [6, 6.07) is 7.31. The smallest absolute Gasteiger partial charge is 0.218 e. The van der Waals surface area contributed by atoms with Crippen LogP contribution in [0.2, 0.25) is 0 Å². The highest BCUT2D eigenvalue weighted by Gasteiger charge is 2.29. The lowest BCUT2D eigenvalue weighted by atomic mass is 10.2. The Bertz CT molecular complexity index is 487. The van der Waals surface area contributed by atoms with Gasteiger partial charge in [-0.1, -0.05) is 28.1 Å². The summed E-state index contributed by atoms with van der Waals surface area (Å²) in [5, 5.41) is 0. The molecule has 1 aliphatic heterocycles. The van der Waals surface area contributed by atoms with Gasteiger partial charge in [0.25, 0.3) is 0 Å². The molecule has 0 aromatic heterocycles. The Morgan fingerprint density at radius 1 is 1.35 bits per heavy atom. The first-order chi connectivity index (χ1) is 7.97. The lowest BCUT2D eigenvalue weighted by molar-refractivity contribution is 0.471. The van der Waals surface area contributed by atoms with Crippen molar-refractivity contribution < 1.29 is 8.42 Å². The summed E-state index contributed by atoms with van der Waals surface area (Å²) in [4.78, 5) is 0. The average molecular weight is 319 g/mol. The largest absolute Gasteiger partial charge is 0.326 e. The van der Waals surface area contributed by atoms with Crippen LogP contribution in [-0.4, -0.2) is 31.9 Å². The highest BCUT2D eigenvalue weighted by molar-refractivity contribution is 9.10. The van der Waals surface area contributed by atoms with Gasteiger partial charge in [-0.2, -0.15) is 0 Å². The third-order valence-electron chi connectivity index (χ3n) is 2.84. The van der Waals surface area contributed by atoms with Crippen LogP contribution in [0.25, 0.3) is 0 Å². The summed E-state index contributed by atoms with van der Waals surface area (Å²) in [5.41, 5.74) is 6.52. The summed E-state index contributed by atoms with van der Waals surface area (Å²) < 4.78 is 26.6. The molecule has 1 fully saturated rings. The molecule has 0 bridgehead atoms. The molecule has 17 heavy (non-hydrogen) atoms. The first kappa shape index (κ1) is 13.0. The van der Waals surface area contributed by atoms with Crippen molar-refractivity contribution in [3.05, 3.63) is 34.3 Å². The van der Waals surface area contributed by atoms with Gasteiger partial charge in [0.05, 0.1) is 5.75 Å². The van der Waals surface area contributed by atoms with Gasteiger partial charge >= 0.3 is 0 Å². The number of halogens is 1. The molecule has 1 aromatic rings. The maximum atomic E-state index is 12.1. The van der Waals surface area contributed by atoms with Crippen molar-refractivity contribution in [2.75, 3.05) is 13.1 Å². The first-order valence-corrected chi connectivity index (χ1v) is 7.85. The van der Waals surface area contributed by atoms with Crippen molar-refractivity contribution in [1.29, 1.82) is 0 Å². The molecule has 1 saturated heterocycles. The lowest BCUT2D eigenvalue weighted by Gasteiger charge is -2.15. The van der Waals surface area contributed by atoms with E-state index in [2.05, 4.69) is 15.9 Å². The van der Waals surface area contributed by atoms with Crippen LogP contribution in [0.1, 0.15) is 12.0 Å². The summed E-state index contributed by atoms with van der Waals surface area (Å²) in [7, 11) is -3.22. The van der Waals surface area contributed by atoms with Gasteiger partial charge in [-0.3, -0.25) is 0 Å². The lowest BCUT2D eigenvalue weighted by Crippen LogP contribution is -2.32. The van der Waals surface area contributed by atoms with E-state index in [1.165, 1.54) is 4.31 Å². The predicted molar refractivity (Wildman–Crippen MR) is 70.9 cm³/mol. The van der Waals surface area contributed by atoms with Crippen LogP contribution in [0.4, 0.5) is 0 Å². The number of benzene rings is 1. The van der Waals surface area contributed by atoms with Gasteiger partial charge in [-0.15, -0.1) is 0 Å². The zero-order chi connectivity index (χ0) is 12.5. The number of rotatable bonds is 3. The molecule has 2 rings (SSSR count). The van der Waals surface area contributed by atoms with Crippen LogP contribution in [0.15, 0.2) is 28.7 Å². The Labute approximate surface area is 110 Å². The van der Waals surface area contributed by atoms with Crippen molar-refractivity contribution in [2.24, 2.45) is 5.73 Å². The maximum absolute atomic E-state index is 12.1. The fourth-order valence-electron chi connectivity index (χ4n) is 1.89. The van der Waals surface area contributed by atoms with E-state index in [0.29, 0.717) is 13.1 Å². The van der Waals surface area contributed by atoms with E-state index in [4.69, 9.17) is 5.73 Å². The summed E-state index contributed by atoms with van der Waals surface area (Å²) in [6.45, 7) is 0.985. The van der Waals surface area contributed by atoms with Gasteiger partial charge in [0, 0.05) is 23.6 Å². The van der Waals surface area contributed by atoms with E-state index in [9.17, 15) is 8.42 Å². The van der Waals surface area contributed by atoms with Gasteiger partial charge in [-0.25, -0.2) is 12.7 Å². The molecule has 2 N–H and O–H groups in total. The van der Waals surface area contributed by atoms with E-state index in [0.717, 1.165) is 16.5 Å². The fraction of sp³-hybridized carbons (Fsp3) is 0.455. The molecule has 0 amide bonds. The minimum atomic E-state index is -3.22. The summed E-state index contributed by atoms with van der Waals surface area (Å²) >= 11 is 3.32. The Balaban J connectivity index is 2.09. The average Bonchev–Trinajstić information content (AvgIpc) is 2.69. The van der Waals surface area contributed by atoms with E-state index in [1.54, 1.807) is 0 Å². The minimum Gasteiger partial charge on any atom is -0.326 e. The molecule has 1 aromatic carbocycles. The zero-order valence-corrected chi connectivity index (χ0v) is 11.7. The standard InChI is InChI=1S/C11H15BrN2O2S/c12-10-3-1-9(2-4-10)8-17(15,16)14-6-5-11(13)7-14/h1-4,11H,5-8,13H2/t11-/m0/s1. The van der Waals surface area contributed by atoms with E-state index in [-0.39, 0.29) is 11.8 Å². The van der Waals surface area contributed by atoms with E-state index < -0.39 is 10.0 Å². The molecule has 0 radical (unpaired) electrons. The molecule has 0 unspecified atom stereocenters. The van der Waals surface area contributed by atoms with Crippen LogP contribution in [0, 0.1) is 0 Å². The highest BCUT2D eigenvalue weighted by Crippen LogP contribution is 2.18. The van der Waals surface area contributed by atoms with Gasteiger partial charge < -0.3 is 5.73 Å². The van der Waals surface area contributed by atoms with Gasteiger partial charge in [-0.05, 0) is 24.1 Å². The Kier molecular flexibility index (Phi) is 3.87. The third kappa shape index (κ3) is 3.28. The molecule has 0 spiro atoms. The van der Waals surface area contributed by atoms with Crippen molar-refractivity contribution in [1.82, 2.24) is 4.31 Å². The Hall–Kier alpha value is -0.430. The zero-order valence-electron chi connectivity index (χ0n) is 9.34. The second-order valence-corrected chi connectivity index (χ2v) is 7.17. The van der Waals surface area contributed by atoms with Crippen molar-refractivity contribution >= 4 is 26.0 Å². The monoisotopic (exact) mass is 318 g/mol. The second kappa shape index (κ2) is 5.06. The number of hydrogen-bond acceptors (Lipinski definition) is 3. The molecule has 1 atom stereocenters. The van der Waals surface area contributed by atoms with E-state index >= 15 is 0 Å². The SMILES string of the molecule is N[C@H]1CCN(S(=O)(=O)Cc2ccc(Br)cc2)C1. The van der Waals surface area contributed by atoms with Gasteiger partial charge in [0.15, 0.2) is 0 Å². The quantitative estimate of drug-likeness (QED) is 0.914. The van der Waals surface area contributed by atoms with Crippen molar-refractivity contribution in [2.45, 2.75) is 18.2 Å². The molecule has 4 nitrogen and oxygen atoms in total. The number of nitrogens with two attached hydrogens (primary N) is 1. The van der Waals surface area contributed by atoms with Crippen LogP contribution < -0.4 is 5.73 Å². The number of nitrogens with zero attached hydrogens (tertiary/aromatic N) is 1. The van der Waals surface area contributed by atoms with Crippen LogP contribution in [0.3, 0.4) is 0 Å². The highest BCUT2D eigenvalue weighted by atomic mass is 79.9. The molecule has 1 aliphatic rings. The predicted octanol–water partition coefficient (Wildman–Crippen LogP) is 1.31. The minimum absolute atomic E-state index is 0.0188. The molecule has 1 heterocycles. The summed E-state index contributed by atoms with van der Waals surface area (Å²) in [6.07, 6.45) is 0.750. The first-order valence-electron chi connectivity index (χ1n) is 5.45. The second-order valence-electron chi connectivity index (χ2n) is 4.29.